The minimum absolute atomic E-state index is 0.0379. The second-order valence-corrected chi connectivity index (χ2v) is 35.9. The predicted octanol–water partition coefficient (Wildman–Crippen LogP) is 17.2. The first-order valence-corrected chi connectivity index (χ1v) is 39.3. The lowest BCUT2D eigenvalue weighted by atomic mass is 9.83. The minimum Gasteiger partial charge on any atom is -0.496 e. The number of piperidine rings is 1. The van der Waals surface area contributed by atoms with Crippen molar-refractivity contribution in [3.05, 3.63) is 124 Å². The van der Waals surface area contributed by atoms with E-state index in [4.69, 9.17) is 28.4 Å². The summed E-state index contributed by atoms with van der Waals surface area (Å²) in [6.45, 7) is 58.5. The SMILES string of the molecule is COc1cc(C2CCN(C)CC2)ccc1C(C)(C)C.COc1cc(N2CCCN(C(=O)OC(C)(C)C)CC2)ccc1C(C)(C)C.COc1cc(N2CCCN(C(C)=O)CC2)ccc1C(C)(C)C.COc1cc(N2CCCN(C)CC2)ccc1C(C)(C)C.COc1cc(N2CCN(C)CC2)ccc1C(C)(C)C. The molecule has 5 aliphatic rings. The van der Waals surface area contributed by atoms with Crippen LogP contribution in [0.5, 0.6) is 28.7 Å². The van der Waals surface area contributed by atoms with Crippen LogP contribution in [0.15, 0.2) is 91.0 Å². The molecule has 0 aromatic heterocycles. The van der Waals surface area contributed by atoms with E-state index in [-0.39, 0.29) is 39.1 Å². The van der Waals surface area contributed by atoms with Gasteiger partial charge in [0.1, 0.15) is 34.3 Å². The van der Waals surface area contributed by atoms with Crippen LogP contribution >= 0.6 is 0 Å². The number of nitrogens with zero attached hydrogens (tertiary/aromatic N) is 9. The maximum atomic E-state index is 12.3. The zero-order valence-corrected chi connectivity index (χ0v) is 71.3. The minimum atomic E-state index is -0.459. The molecule has 2 amide bonds. The fourth-order valence-electron chi connectivity index (χ4n) is 14.5. The third-order valence-corrected chi connectivity index (χ3v) is 21.0. The van der Waals surface area contributed by atoms with E-state index in [0.29, 0.717) is 12.5 Å². The molecule has 0 atom stereocenters. The molecule has 10 rings (SSSR count). The topological polar surface area (TPSA) is 119 Å². The van der Waals surface area contributed by atoms with Gasteiger partial charge in [0.05, 0.1) is 35.5 Å². The van der Waals surface area contributed by atoms with E-state index in [1.807, 2.05) is 30.6 Å². The van der Waals surface area contributed by atoms with Gasteiger partial charge in [-0.3, -0.25) is 4.79 Å². The number of hydrogen-bond acceptors (Lipinski definition) is 15. The highest BCUT2D eigenvalue weighted by molar-refractivity contribution is 5.73. The van der Waals surface area contributed by atoms with Crippen LogP contribution in [0.25, 0.3) is 0 Å². The molecule has 5 aromatic carbocycles. The van der Waals surface area contributed by atoms with Gasteiger partial charge in [-0.25, -0.2) is 4.79 Å². The highest BCUT2D eigenvalue weighted by Crippen LogP contribution is 2.41. The zero-order valence-electron chi connectivity index (χ0n) is 71.3. The number of ether oxygens (including phenoxy) is 6. The zero-order chi connectivity index (χ0) is 78.7. The fourth-order valence-corrected chi connectivity index (χ4v) is 14.5. The quantitative estimate of drug-likeness (QED) is 0.132. The fraction of sp³-hybridized carbons (Fsp3) is 0.640. The van der Waals surface area contributed by atoms with E-state index >= 15 is 0 Å². The molecule has 0 unspecified atom stereocenters. The molecule has 0 radical (unpaired) electrons. The van der Waals surface area contributed by atoms with Gasteiger partial charge < -0.3 is 72.5 Å². The van der Waals surface area contributed by atoms with Gasteiger partial charge in [0.2, 0.25) is 5.91 Å². The van der Waals surface area contributed by atoms with Crippen LogP contribution in [0, 0.1) is 0 Å². The largest absolute Gasteiger partial charge is 0.496 e. The third-order valence-electron chi connectivity index (χ3n) is 21.0. The Hall–Kier alpha value is -7.08. The Bertz CT molecular complexity index is 3450. The lowest BCUT2D eigenvalue weighted by Gasteiger charge is -2.34. The van der Waals surface area contributed by atoms with Crippen LogP contribution in [-0.4, -0.2) is 217 Å². The number of methoxy groups -OCH3 is 5. The summed E-state index contributed by atoms with van der Waals surface area (Å²) in [7, 11) is 15.4. The smallest absolute Gasteiger partial charge is 0.410 e. The average Bonchev–Trinajstić information content (AvgIpc) is 1.02. The summed E-state index contributed by atoms with van der Waals surface area (Å²) in [5.74, 6) is 5.78. The van der Waals surface area contributed by atoms with Crippen molar-refractivity contribution >= 4 is 34.7 Å². The second kappa shape index (κ2) is 38.8. The molecule has 0 aliphatic carbocycles. The summed E-state index contributed by atoms with van der Waals surface area (Å²) in [6, 6.07) is 33.0. The average molecular weight is 1470 g/mol. The normalized spacial score (nSPS) is 17.3. The molecular weight excluding hydrogens is 1320 g/mol. The molecule has 5 aliphatic heterocycles. The lowest BCUT2D eigenvalue weighted by Crippen LogP contribution is -2.44. The summed E-state index contributed by atoms with van der Waals surface area (Å²) < 4.78 is 33.6. The van der Waals surface area contributed by atoms with Crippen LogP contribution in [0.1, 0.15) is 203 Å². The number of amides is 2. The maximum absolute atomic E-state index is 12.3. The van der Waals surface area contributed by atoms with E-state index in [0.717, 1.165) is 139 Å². The van der Waals surface area contributed by atoms with E-state index in [1.54, 1.807) is 42.5 Å². The molecule has 5 saturated heterocycles. The van der Waals surface area contributed by atoms with Gasteiger partial charge >= 0.3 is 6.09 Å². The Morgan fingerprint density at radius 3 is 0.915 bits per heavy atom. The molecule has 0 N–H and O–H groups in total. The van der Waals surface area contributed by atoms with Crippen molar-refractivity contribution in [1.29, 1.82) is 0 Å². The third kappa shape index (κ3) is 26.4. The molecule has 5 heterocycles. The Labute approximate surface area is 643 Å². The van der Waals surface area contributed by atoms with Crippen molar-refractivity contribution in [2.45, 2.75) is 202 Å². The summed E-state index contributed by atoms with van der Waals surface area (Å²) in [4.78, 5) is 44.4. The summed E-state index contributed by atoms with van der Waals surface area (Å²) >= 11 is 0. The summed E-state index contributed by atoms with van der Waals surface area (Å²) in [6.07, 6.45) is 5.44. The van der Waals surface area contributed by atoms with Crippen LogP contribution in [-0.2, 0) is 36.6 Å². The van der Waals surface area contributed by atoms with Crippen LogP contribution in [0.3, 0.4) is 0 Å². The highest BCUT2D eigenvalue weighted by Gasteiger charge is 2.30. The van der Waals surface area contributed by atoms with Crippen molar-refractivity contribution in [2.75, 3.05) is 194 Å². The second-order valence-electron chi connectivity index (χ2n) is 35.9. The monoisotopic (exact) mass is 1470 g/mol. The Balaban J connectivity index is 0.000000209. The van der Waals surface area contributed by atoms with Crippen molar-refractivity contribution < 1.29 is 38.0 Å². The number of hydrogen-bond donors (Lipinski definition) is 0. The van der Waals surface area contributed by atoms with Gasteiger partial charge in [-0.05, 0) is 190 Å². The molecule has 17 nitrogen and oxygen atoms in total. The standard InChI is InChI=1S/C21H34N2O3.C18H28N2O2.C17H28N2O.C17H27NO.C16H26N2O/c1-20(2,3)17-10-9-16(15-18(17)25-7)22-11-8-12-23(14-13-22)19(24)26-21(4,5)6;1-14(21)19-9-6-10-20(12-11-19)15-7-8-16(18(2,3)4)17(13-15)22-5;1-17(2,3)15-8-7-14(13-16(15)20-5)19-10-6-9-18(4)11-12-19;1-17(2,3)15-7-6-14(12-16(15)19-5)13-8-10-18(4)11-9-13;1-16(2,3)14-7-6-13(12-15(14)19-5)18-10-8-17(4)9-11-18/h9-10,15H,8,11-14H2,1-7H3;7-8,13H,6,9-12H2,1-5H3;7-8,13H,6,9-12H2,1-5H3;6-7,12-13H,8-11H2,1-5H3;6-7,12H,8-11H2,1-5H3. The summed E-state index contributed by atoms with van der Waals surface area (Å²) in [5.41, 5.74) is 12.6. The Morgan fingerprint density at radius 2 is 0.594 bits per heavy atom. The van der Waals surface area contributed by atoms with Crippen molar-refractivity contribution in [3.8, 4) is 28.7 Å². The number of carbonyl (C=O) groups is 2. The molecule has 0 saturated carbocycles. The first-order valence-electron chi connectivity index (χ1n) is 39.3. The number of benzene rings is 5. The van der Waals surface area contributed by atoms with Gasteiger partial charge in [0, 0.05) is 152 Å². The van der Waals surface area contributed by atoms with E-state index in [9.17, 15) is 9.59 Å². The first kappa shape index (κ1) is 87.8. The first-order chi connectivity index (χ1) is 49.6. The van der Waals surface area contributed by atoms with Gasteiger partial charge in [-0.1, -0.05) is 140 Å². The van der Waals surface area contributed by atoms with Gasteiger partial charge in [0.15, 0.2) is 0 Å². The maximum Gasteiger partial charge on any atom is 0.410 e. The molecule has 592 valence electrons. The molecule has 5 aromatic rings. The van der Waals surface area contributed by atoms with Crippen LogP contribution < -0.4 is 43.3 Å². The van der Waals surface area contributed by atoms with Gasteiger partial charge in [-0.15, -0.1) is 0 Å². The number of likely N-dealkylation sites (tertiary alicyclic amines) is 1. The van der Waals surface area contributed by atoms with Gasteiger partial charge in [-0.2, -0.15) is 0 Å². The number of likely N-dealkylation sites (N-methyl/N-ethyl adjacent to an activating group) is 2. The Kier molecular flexibility index (Phi) is 32.2. The van der Waals surface area contributed by atoms with Crippen molar-refractivity contribution in [3.63, 3.8) is 0 Å². The number of carbonyl (C=O) groups excluding carboxylic acids is 2. The van der Waals surface area contributed by atoms with Crippen LogP contribution in [0.4, 0.5) is 27.5 Å². The molecular formula is C89H143N9O8. The lowest BCUT2D eigenvalue weighted by molar-refractivity contribution is -0.128. The van der Waals surface area contributed by atoms with Gasteiger partial charge in [0.25, 0.3) is 0 Å². The van der Waals surface area contributed by atoms with E-state index < -0.39 is 5.60 Å². The van der Waals surface area contributed by atoms with E-state index in [1.165, 1.54) is 89.3 Å². The number of anilines is 4. The molecule has 5 fully saturated rings. The van der Waals surface area contributed by atoms with Crippen molar-refractivity contribution in [2.24, 2.45) is 0 Å². The number of rotatable bonds is 10. The predicted molar refractivity (Wildman–Crippen MR) is 446 cm³/mol. The molecule has 106 heavy (non-hydrogen) atoms. The molecule has 17 heteroatoms. The van der Waals surface area contributed by atoms with E-state index in [2.05, 4.69) is 250 Å². The highest BCUT2D eigenvalue weighted by atomic mass is 16.6. The van der Waals surface area contributed by atoms with Crippen molar-refractivity contribution in [1.82, 2.24) is 24.5 Å². The molecule has 0 spiro atoms. The van der Waals surface area contributed by atoms with Crippen LogP contribution in [0.2, 0.25) is 0 Å². The summed E-state index contributed by atoms with van der Waals surface area (Å²) in [5, 5.41) is 0. The molecule has 0 bridgehead atoms. The number of piperazine rings is 1. The Morgan fingerprint density at radius 1 is 0.321 bits per heavy atom.